The van der Waals surface area contributed by atoms with Gasteiger partial charge >= 0.3 is 0 Å². The highest BCUT2D eigenvalue weighted by Crippen LogP contribution is 2.44. The lowest BCUT2D eigenvalue weighted by Crippen LogP contribution is -2.21. The minimum Gasteiger partial charge on any atom is -0.504 e. The summed E-state index contributed by atoms with van der Waals surface area (Å²) in [5.41, 5.74) is 2.49. The summed E-state index contributed by atoms with van der Waals surface area (Å²) in [5, 5.41) is 14.5. The van der Waals surface area contributed by atoms with Gasteiger partial charge in [-0.15, -0.1) is 0 Å². The van der Waals surface area contributed by atoms with E-state index in [1.807, 2.05) is 6.07 Å². The highest BCUT2D eigenvalue weighted by atomic mass is 35.5. The second-order valence-electron chi connectivity index (χ2n) is 8.98. The standard InChI is InChI=1S/C27H23ClN2O5/c28-18-7-2-1-6-15(18)16-13-22-23(25-24(16)26(32)29-27(25)33)17-12-19(31)21(14-20(17)35-22)34-11-5-10-30-8-3-4-9-30/h1-2,6-7,12-14,31H,3-5,8-11H2,(H,29,32,33). The van der Waals surface area contributed by atoms with Gasteiger partial charge in [0.25, 0.3) is 11.8 Å². The first kappa shape index (κ1) is 21.9. The van der Waals surface area contributed by atoms with Gasteiger partial charge in [0, 0.05) is 39.5 Å². The van der Waals surface area contributed by atoms with Crippen molar-refractivity contribution in [2.24, 2.45) is 0 Å². The molecule has 2 aliphatic rings. The number of fused-ring (bicyclic) bond motifs is 5. The van der Waals surface area contributed by atoms with E-state index in [1.165, 1.54) is 18.9 Å². The molecule has 4 aromatic rings. The Morgan fingerprint density at radius 1 is 1.00 bits per heavy atom. The molecule has 0 aliphatic carbocycles. The van der Waals surface area contributed by atoms with Crippen LogP contribution >= 0.6 is 11.6 Å². The van der Waals surface area contributed by atoms with Crippen LogP contribution in [0.4, 0.5) is 0 Å². The molecule has 2 N–H and O–H groups in total. The number of carbonyl (C=O) groups excluding carboxylic acids is 2. The van der Waals surface area contributed by atoms with Crippen molar-refractivity contribution in [3.05, 3.63) is 58.6 Å². The summed E-state index contributed by atoms with van der Waals surface area (Å²) >= 11 is 6.42. The van der Waals surface area contributed by atoms with Crippen LogP contribution in [0, 0.1) is 0 Å². The monoisotopic (exact) mass is 490 g/mol. The van der Waals surface area contributed by atoms with Crippen LogP contribution in [0.1, 0.15) is 40.0 Å². The van der Waals surface area contributed by atoms with Crippen molar-refractivity contribution < 1.29 is 23.8 Å². The van der Waals surface area contributed by atoms with Crippen LogP contribution in [-0.2, 0) is 0 Å². The third kappa shape index (κ3) is 3.72. The molecule has 8 heteroatoms. The van der Waals surface area contributed by atoms with Crippen LogP contribution in [0.2, 0.25) is 5.02 Å². The molecule has 178 valence electrons. The number of furan rings is 1. The fraction of sp³-hybridized carbons (Fsp3) is 0.259. The molecule has 2 amide bonds. The smallest absolute Gasteiger partial charge is 0.259 e. The molecule has 1 fully saturated rings. The molecule has 3 heterocycles. The Morgan fingerprint density at radius 3 is 2.57 bits per heavy atom. The van der Waals surface area contributed by atoms with E-state index in [0.29, 0.717) is 50.4 Å². The molecule has 0 spiro atoms. The average Bonchev–Trinajstić information content (AvgIpc) is 3.55. The quantitative estimate of drug-likeness (QED) is 0.279. The van der Waals surface area contributed by atoms with Crippen molar-refractivity contribution in [3.8, 4) is 22.6 Å². The lowest BCUT2D eigenvalue weighted by atomic mass is 9.93. The number of hydrogen-bond acceptors (Lipinski definition) is 6. The van der Waals surface area contributed by atoms with Crippen molar-refractivity contribution in [2.45, 2.75) is 19.3 Å². The normalized spacial score (nSPS) is 15.8. The fourth-order valence-electron chi connectivity index (χ4n) is 5.13. The average molecular weight is 491 g/mol. The third-order valence-corrected chi connectivity index (χ3v) is 7.09. The topological polar surface area (TPSA) is 92.0 Å². The SMILES string of the molecule is O=C1NC(=O)c2c1c(-c1ccccc1Cl)cc1oc3cc(OCCCN4CCCC4)c(O)cc3c21. The Balaban J connectivity index is 1.42. The van der Waals surface area contributed by atoms with E-state index in [-0.39, 0.29) is 16.9 Å². The number of benzene rings is 3. The molecule has 0 saturated carbocycles. The van der Waals surface area contributed by atoms with E-state index in [0.717, 1.165) is 26.1 Å². The zero-order valence-corrected chi connectivity index (χ0v) is 19.7. The number of rotatable bonds is 6. The first-order chi connectivity index (χ1) is 17.0. The molecule has 35 heavy (non-hydrogen) atoms. The Kier molecular flexibility index (Phi) is 5.39. The highest BCUT2D eigenvalue weighted by Gasteiger charge is 2.35. The minimum absolute atomic E-state index is 0.0463. The van der Waals surface area contributed by atoms with E-state index in [9.17, 15) is 14.7 Å². The van der Waals surface area contributed by atoms with Gasteiger partial charge in [0.1, 0.15) is 11.2 Å². The number of carbonyl (C=O) groups is 2. The van der Waals surface area contributed by atoms with Gasteiger partial charge in [-0.25, -0.2) is 0 Å². The minimum atomic E-state index is -0.506. The number of nitrogens with zero attached hydrogens (tertiary/aromatic N) is 1. The van der Waals surface area contributed by atoms with Crippen LogP contribution in [0.3, 0.4) is 0 Å². The van der Waals surface area contributed by atoms with Crippen LogP contribution < -0.4 is 10.1 Å². The van der Waals surface area contributed by atoms with Crippen LogP contribution in [-0.4, -0.2) is 48.1 Å². The van der Waals surface area contributed by atoms with Gasteiger partial charge in [0.05, 0.1) is 17.7 Å². The number of ether oxygens (including phenoxy) is 1. The molecular weight excluding hydrogens is 468 g/mol. The van der Waals surface area contributed by atoms with Crippen LogP contribution in [0.25, 0.3) is 33.1 Å². The molecule has 3 aromatic carbocycles. The molecule has 0 radical (unpaired) electrons. The number of phenolic OH excluding ortho intramolecular Hbond substituents is 1. The number of phenols is 1. The Bertz CT molecular complexity index is 1500. The summed E-state index contributed by atoms with van der Waals surface area (Å²) in [6, 6.07) is 12.0. The number of amides is 2. The Hall–Kier alpha value is -3.55. The summed E-state index contributed by atoms with van der Waals surface area (Å²) in [6.07, 6.45) is 3.35. The van der Waals surface area contributed by atoms with E-state index >= 15 is 0 Å². The number of aromatic hydroxyl groups is 1. The van der Waals surface area contributed by atoms with Crippen LogP contribution in [0.5, 0.6) is 11.5 Å². The largest absolute Gasteiger partial charge is 0.504 e. The maximum atomic E-state index is 12.8. The molecular formula is C27H23ClN2O5. The summed E-state index contributed by atoms with van der Waals surface area (Å²) in [6.45, 7) is 3.70. The fourth-order valence-corrected chi connectivity index (χ4v) is 5.37. The van der Waals surface area contributed by atoms with Crippen molar-refractivity contribution >= 4 is 45.4 Å². The molecule has 7 nitrogen and oxygen atoms in total. The highest BCUT2D eigenvalue weighted by molar-refractivity contribution is 6.35. The molecule has 1 saturated heterocycles. The van der Waals surface area contributed by atoms with Crippen molar-refractivity contribution in [2.75, 3.05) is 26.2 Å². The molecule has 6 rings (SSSR count). The van der Waals surface area contributed by atoms with Gasteiger partial charge in [0.15, 0.2) is 11.5 Å². The number of nitrogens with one attached hydrogen (secondary N) is 1. The number of halogens is 1. The van der Waals surface area contributed by atoms with Gasteiger partial charge in [-0.3, -0.25) is 14.9 Å². The van der Waals surface area contributed by atoms with Gasteiger partial charge in [0.2, 0.25) is 0 Å². The second kappa shape index (κ2) is 8.59. The summed E-state index contributed by atoms with van der Waals surface area (Å²) in [7, 11) is 0. The molecule has 0 atom stereocenters. The summed E-state index contributed by atoms with van der Waals surface area (Å²) in [5.74, 6) is -0.719. The van der Waals surface area contributed by atoms with Gasteiger partial charge < -0.3 is 19.2 Å². The number of imide groups is 1. The molecule has 0 unspecified atom stereocenters. The first-order valence-corrected chi connectivity index (χ1v) is 12.1. The lowest BCUT2D eigenvalue weighted by molar-refractivity contribution is 0.0880. The zero-order valence-electron chi connectivity index (χ0n) is 18.9. The van der Waals surface area contributed by atoms with E-state index in [4.69, 9.17) is 20.8 Å². The number of likely N-dealkylation sites (tertiary alicyclic amines) is 1. The van der Waals surface area contributed by atoms with Gasteiger partial charge in [-0.1, -0.05) is 29.8 Å². The van der Waals surface area contributed by atoms with E-state index < -0.39 is 11.8 Å². The van der Waals surface area contributed by atoms with Crippen LogP contribution in [0.15, 0.2) is 46.9 Å². The second-order valence-corrected chi connectivity index (χ2v) is 9.39. The van der Waals surface area contributed by atoms with Gasteiger partial charge in [-0.2, -0.15) is 0 Å². The van der Waals surface area contributed by atoms with Crippen molar-refractivity contribution in [1.29, 1.82) is 0 Å². The molecule has 2 aliphatic heterocycles. The maximum Gasteiger partial charge on any atom is 0.259 e. The Labute approximate surface area is 206 Å². The molecule has 0 bridgehead atoms. The predicted molar refractivity (Wildman–Crippen MR) is 133 cm³/mol. The zero-order chi connectivity index (χ0) is 24.1. The Morgan fingerprint density at radius 2 is 1.77 bits per heavy atom. The third-order valence-electron chi connectivity index (χ3n) is 6.76. The van der Waals surface area contributed by atoms with E-state index in [2.05, 4.69) is 10.2 Å². The lowest BCUT2D eigenvalue weighted by Gasteiger charge is -2.14. The first-order valence-electron chi connectivity index (χ1n) is 11.7. The number of hydrogen-bond donors (Lipinski definition) is 2. The van der Waals surface area contributed by atoms with E-state index in [1.54, 1.807) is 30.3 Å². The van der Waals surface area contributed by atoms with Crippen molar-refractivity contribution in [1.82, 2.24) is 10.2 Å². The maximum absolute atomic E-state index is 12.8. The predicted octanol–water partition coefficient (Wildman–Crippen LogP) is 5.36. The van der Waals surface area contributed by atoms with Crippen molar-refractivity contribution in [3.63, 3.8) is 0 Å². The van der Waals surface area contributed by atoms with Gasteiger partial charge in [-0.05, 0) is 50.6 Å². The summed E-state index contributed by atoms with van der Waals surface area (Å²) in [4.78, 5) is 28.0. The molecule has 1 aromatic heterocycles. The summed E-state index contributed by atoms with van der Waals surface area (Å²) < 4.78 is 12.0.